The number of aliphatic carboxylic acids is 1. The summed E-state index contributed by atoms with van der Waals surface area (Å²) in [6.07, 6.45) is 2.00. The molecule has 0 aliphatic rings. The van der Waals surface area contributed by atoms with E-state index in [1.165, 1.54) is 0 Å². The fraction of sp³-hybridized carbons (Fsp3) is 0.353. The number of hydrogen-bond acceptors (Lipinski definition) is 3. The van der Waals surface area contributed by atoms with Crippen LogP contribution in [0.3, 0.4) is 0 Å². The minimum atomic E-state index is -0.863. The fourth-order valence-corrected chi connectivity index (χ4v) is 2.36. The minimum Gasteiger partial charge on any atom is -0.481 e. The van der Waals surface area contributed by atoms with Gasteiger partial charge in [0.15, 0.2) is 0 Å². The van der Waals surface area contributed by atoms with Crippen LogP contribution in [0.2, 0.25) is 0 Å². The van der Waals surface area contributed by atoms with Crippen LogP contribution in [-0.2, 0) is 4.79 Å². The van der Waals surface area contributed by atoms with E-state index < -0.39 is 5.97 Å². The molecule has 1 aromatic heterocycles. The monoisotopic (exact) mass is 315 g/mol. The van der Waals surface area contributed by atoms with Crippen LogP contribution >= 0.6 is 0 Å². The molecule has 0 fully saturated rings. The summed E-state index contributed by atoms with van der Waals surface area (Å²) in [4.78, 5) is 22.7. The molecule has 2 aromatic rings. The van der Waals surface area contributed by atoms with Crippen molar-refractivity contribution in [2.24, 2.45) is 0 Å². The molecule has 6 nitrogen and oxygen atoms in total. The maximum Gasteiger partial charge on any atom is 0.303 e. The van der Waals surface area contributed by atoms with Crippen LogP contribution in [0.4, 0.5) is 0 Å². The predicted octanol–water partition coefficient (Wildman–Crippen LogP) is 2.39. The van der Waals surface area contributed by atoms with Gasteiger partial charge in [-0.3, -0.25) is 9.59 Å². The summed E-state index contributed by atoms with van der Waals surface area (Å²) in [6.45, 7) is 6.19. The number of hydrogen-bond donors (Lipinski definition) is 2. The molecule has 0 unspecified atom stereocenters. The molecule has 0 saturated heterocycles. The van der Waals surface area contributed by atoms with Crippen molar-refractivity contribution in [2.75, 3.05) is 6.54 Å². The lowest BCUT2D eigenvalue weighted by molar-refractivity contribution is -0.137. The second-order valence-electron chi connectivity index (χ2n) is 5.60. The van der Waals surface area contributed by atoms with Crippen molar-refractivity contribution >= 4 is 11.9 Å². The van der Waals surface area contributed by atoms with Gasteiger partial charge in [-0.2, -0.15) is 5.10 Å². The Kier molecular flexibility index (Phi) is 5.16. The van der Waals surface area contributed by atoms with Crippen molar-refractivity contribution in [2.45, 2.75) is 33.6 Å². The standard InChI is InChI=1S/C17H21N3O3/c1-11-6-7-12(2)15(9-11)20-13(3)14(10-19-20)17(23)18-8-4-5-16(21)22/h6-7,9-10H,4-5,8H2,1-3H3,(H,18,23)(H,21,22). The molecule has 0 spiro atoms. The topological polar surface area (TPSA) is 84.2 Å². The first-order valence-electron chi connectivity index (χ1n) is 7.52. The van der Waals surface area contributed by atoms with Gasteiger partial charge < -0.3 is 10.4 Å². The predicted molar refractivity (Wildman–Crippen MR) is 87.0 cm³/mol. The SMILES string of the molecule is Cc1ccc(C)c(-n2ncc(C(=O)NCCCC(=O)O)c2C)c1. The highest BCUT2D eigenvalue weighted by molar-refractivity contribution is 5.95. The Morgan fingerprint density at radius 2 is 2.00 bits per heavy atom. The molecule has 0 atom stereocenters. The van der Waals surface area contributed by atoms with Gasteiger partial charge in [0, 0.05) is 13.0 Å². The van der Waals surface area contributed by atoms with Gasteiger partial charge in [-0.05, 0) is 44.4 Å². The lowest BCUT2D eigenvalue weighted by atomic mass is 10.1. The number of amides is 1. The number of carboxylic acid groups (broad SMARTS) is 1. The highest BCUT2D eigenvalue weighted by Crippen LogP contribution is 2.19. The Bertz CT molecular complexity index is 735. The molecular formula is C17H21N3O3. The van der Waals surface area contributed by atoms with Gasteiger partial charge in [0.1, 0.15) is 0 Å². The summed E-state index contributed by atoms with van der Waals surface area (Å²) >= 11 is 0. The zero-order valence-corrected chi connectivity index (χ0v) is 13.6. The summed E-state index contributed by atoms with van der Waals surface area (Å²) in [5, 5.41) is 15.6. The van der Waals surface area contributed by atoms with Gasteiger partial charge in [-0.25, -0.2) is 4.68 Å². The van der Waals surface area contributed by atoms with E-state index in [1.54, 1.807) is 10.9 Å². The summed E-state index contributed by atoms with van der Waals surface area (Å²) in [6, 6.07) is 6.09. The molecule has 0 aliphatic heterocycles. The third kappa shape index (κ3) is 3.97. The van der Waals surface area contributed by atoms with Gasteiger partial charge in [0.05, 0.1) is 23.1 Å². The van der Waals surface area contributed by atoms with Crippen molar-refractivity contribution < 1.29 is 14.7 Å². The molecule has 1 amide bonds. The average Bonchev–Trinajstić information content (AvgIpc) is 2.87. The van der Waals surface area contributed by atoms with E-state index >= 15 is 0 Å². The normalized spacial score (nSPS) is 10.6. The second kappa shape index (κ2) is 7.09. The number of carbonyl (C=O) groups excluding carboxylic acids is 1. The van der Waals surface area contributed by atoms with Crippen LogP contribution in [0.15, 0.2) is 24.4 Å². The maximum atomic E-state index is 12.2. The Labute approximate surface area is 135 Å². The highest BCUT2D eigenvalue weighted by Gasteiger charge is 2.15. The highest BCUT2D eigenvalue weighted by atomic mass is 16.4. The van der Waals surface area contributed by atoms with Gasteiger partial charge in [-0.1, -0.05) is 12.1 Å². The van der Waals surface area contributed by atoms with Crippen molar-refractivity contribution in [3.8, 4) is 5.69 Å². The Hall–Kier alpha value is -2.63. The fourth-order valence-electron chi connectivity index (χ4n) is 2.36. The van der Waals surface area contributed by atoms with Gasteiger partial charge in [0.25, 0.3) is 5.91 Å². The summed E-state index contributed by atoms with van der Waals surface area (Å²) in [7, 11) is 0. The van der Waals surface area contributed by atoms with E-state index in [4.69, 9.17) is 5.11 Å². The number of benzene rings is 1. The molecule has 2 N–H and O–H groups in total. The van der Waals surface area contributed by atoms with E-state index in [9.17, 15) is 9.59 Å². The van der Waals surface area contributed by atoms with Crippen molar-refractivity contribution in [1.82, 2.24) is 15.1 Å². The second-order valence-corrected chi connectivity index (χ2v) is 5.60. The van der Waals surface area contributed by atoms with Gasteiger partial charge >= 0.3 is 5.97 Å². The summed E-state index contributed by atoms with van der Waals surface area (Å²) in [5.74, 6) is -1.09. The number of carbonyl (C=O) groups is 2. The largest absolute Gasteiger partial charge is 0.481 e. The number of carboxylic acids is 1. The van der Waals surface area contributed by atoms with Crippen molar-refractivity contribution in [3.05, 3.63) is 46.8 Å². The number of nitrogens with one attached hydrogen (secondary N) is 1. The first-order chi connectivity index (χ1) is 10.9. The molecule has 1 heterocycles. The maximum absolute atomic E-state index is 12.2. The van der Waals surface area contributed by atoms with Gasteiger partial charge in [0.2, 0.25) is 0 Å². The quantitative estimate of drug-likeness (QED) is 0.802. The van der Waals surface area contributed by atoms with Gasteiger partial charge in [-0.15, -0.1) is 0 Å². The number of rotatable bonds is 6. The zero-order chi connectivity index (χ0) is 17.0. The molecular weight excluding hydrogens is 294 g/mol. The number of nitrogens with zero attached hydrogens (tertiary/aromatic N) is 2. The molecule has 0 aliphatic carbocycles. The Morgan fingerprint density at radius 3 is 2.70 bits per heavy atom. The number of aromatic nitrogens is 2. The zero-order valence-electron chi connectivity index (χ0n) is 13.6. The van der Waals surface area contributed by atoms with E-state index in [0.29, 0.717) is 18.5 Å². The van der Waals surface area contributed by atoms with Crippen LogP contribution < -0.4 is 5.32 Å². The van der Waals surface area contributed by atoms with Crippen LogP contribution in [0, 0.1) is 20.8 Å². The lowest BCUT2D eigenvalue weighted by Gasteiger charge is -2.10. The van der Waals surface area contributed by atoms with Crippen molar-refractivity contribution in [3.63, 3.8) is 0 Å². The molecule has 23 heavy (non-hydrogen) atoms. The van der Waals surface area contributed by atoms with Crippen LogP contribution in [0.25, 0.3) is 5.69 Å². The van der Waals surface area contributed by atoms with Crippen LogP contribution in [-0.4, -0.2) is 33.3 Å². The van der Waals surface area contributed by atoms with E-state index in [0.717, 1.165) is 22.5 Å². The van der Waals surface area contributed by atoms with Crippen LogP contribution in [0.5, 0.6) is 0 Å². The Balaban J connectivity index is 2.14. The third-order valence-electron chi connectivity index (χ3n) is 3.70. The molecule has 6 heteroatoms. The molecule has 122 valence electrons. The molecule has 1 aromatic carbocycles. The van der Waals surface area contributed by atoms with E-state index in [2.05, 4.69) is 10.4 Å². The molecule has 0 radical (unpaired) electrons. The Morgan fingerprint density at radius 1 is 1.26 bits per heavy atom. The molecule has 0 saturated carbocycles. The third-order valence-corrected chi connectivity index (χ3v) is 3.70. The smallest absolute Gasteiger partial charge is 0.303 e. The molecule has 0 bridgehead atoms. The average molecular weight is 315 g/mol. The number of aryl methyl sites for hydroxylation is 2. The first kappa shape index (κ1) is 16.7. The first-order valence-corrected chi connectivity index (χ1v) is 7.52. The van der Waals surface area contributed by atoms with E-state index in [-0.39, 0.29) is 12.3 Å². The molecule has 2 rings (SSSR count). The summed E-state index contributed by atoms with van der Waals surface area (Å²) in [5.41, 5.74) is 4.42. The van der Waals surface area contributed by atoms with Crippen molar-refractivity contribution in [1.29, 1.82) is 0 Å². The van der Waals surface area contributed by atoms with E-state index in [1.807, 2.05) is 39.0 Å². The summed E-state index contributed by atoms with van der Waals surface area (Å²) < 4.78 is 1.76. The van der Waals surface area contributed by atoms with Crippen LogP contribution in [0.1, 0.15) is 40.0 Å². The minimum absolute atomic E-state index is 0.0427. The lowest BCUT2D eigenvalue weighted by Crippen LogP contribution is -2.25.